The van der Waals surface area contributed by atoms with Crippen LogP contribution in [0.4, 0.5) is 14.9 Å². The Balaban J connectivity index is 1.40. The minimum Gasteiger partial charge on any atom is -0.478 e. The minimum atomic E-state index is -0.778. The molecule has 2 aliphatic heterocycles. The predicted molar refractivity (Wildman–Crippen MR) is 160 cm³/mol. The van der Waals surface area contributed by atoms with Gasteiger partial charge in [-0.25, -0.2) is 19.0 Å². The van der Waals surface area contributed by atoms with Crippen LogP contribution >= 0.6 is 0 Å². The van der Waals surface area contributed by atoms with Crippen molar-refractivity contribution in [3.8, 4) is 17.0 Å². The largest absolute Gasteiger partial charge is 0.478 e. The molecule has 0 unspecified atom stereocenters. The van der Waals surface area contributed by atoms with Crippen LogP contribution in [0.2, 0.25) is 0 Å². The van der Waals surface area contributed by atoms with Crippen molar-refractivity contribution in [1.82, 2.24) is 24.0 Å². The van der Waals surface area contributed by atoms with Crippen LogP contribution in [-0.2, 0) is 18.3 Å². The topological polar surface area (TPSA) is 94.7 Å². The fourth-order valence-corrected chi connectivity index (χ4v) is 6.00. The Kier molecular flexibility index (Phi) is 7.38. The average Bonchev–Trinajstić information content (AvgIpc) is 3.08. The number of amides is 1. The second-order valence-electron chi connectivity index (χ2n) is 12.1. The highest BCUT2D eigenvalue weighted by Crippen LogP contribution is 2.43. The summed E-state index contributed by atoms with van der Waals surface area (Å²) in [6, 6.07) is 4.81. The number of anilines is 1. The Morgan fingerprint density at radius 1 is 1.05 bits per heavy atom. The van der Waals surface area contributed by atoms with Crippen LogP contribution in [0.3, 0.4) is 0 Å². The van der Waals surface area contributed by atoms with Crippen molar-refractivity contribution in [1.29, 1.82) is 0 Å². The quantitative estimate of drug-likeness (QED) is 0.295. The summed E-state index contributed by atoms with van der Waals surface area (Å²) in [6.07, 6.45) is 7.23. The van der Waals surface area contributed by atoms with Gasteiger partial charge >= 0.3 is 11.8 Å². The van der Waals surface area contributed by atoms with Gasteiger partial charge < -0.3 is 14.4 Å². The van der Waals surface area contributed by atoms with Gasteiger partial charge in [-0.3, -0.25) is 19.0 Å². The van der Waals surface area contributed by atoms with Crippen LogP contribution in [0.15, 0.2) is 35.4 Å². The van der Waals surface area contributed by atoms with E-state index in [2.05, 4.69) is 14.9 Å². The first-order valence-corrected chi connectivity index (χ1v) is 14.6. The second kappa shape index (κ2) is 11.0. The molecule has 0 atom stereocenters. The maximum Gasteiger partial charge on any atom is 0.414 e. The lowest BCUT2D eigenvalue weighted by Crippen LogP contribution is -2.39. The number of benzene rings is 1. The molecule has 11 heteroatoms. The van der Waals surface area contributed by atoms with Crippen LogP contribution in [0.25, 0.3) is 33.1 Å². The molecule has 0 bridgehead atoms. The number of carbonyl (C=O) groups is 1. The van der Waals surface area contributed by atoms with E-state index < -0.39 is 17.5 Å². The molecule has 2 aliphatic rings. The van der Waals surface area contributed by atoms with Crippen LogP contribution < -0.4 is 15.3 Å². The number of pyridine rings is 2. The summed E-state index contributed by atoms with van der Waals surface area (Å²) < 4.78 is 30.8. The number of hydrogen-bond donors (Lipinski definition) is 0. The first-order valence-electron chi connectivity index (χ1n) is 14.6. The van der Waals surface area contributed by atoms with Crippen LogP contribution in [-0.4, -0.2) is 68.5 Å². The Morgan fingerprint density at radius 3 is 2.55 bits per heavy atom. The van der Waals surface area contributed by atoms with Gasteiger partial charge in [0, 0.05) is 56.1 Å². The van der Waals surface area contributed by atoms with E-state index in [-0.39, 0.29) is 24.3 Å². The van der Waals surface area contributed by atoms with Crippen molar-refractivity contribution in [2.24, 2.45) is 7.05 Å². The highest BCUT2D eigenvalue weighted by Gasteiger charge is 2.33. The molecule has 1 aromatic carbocycles. The number of hydrogen-bond acceptors (Lipinski definition) is 7. The molecule has 3 aromatic heterocycles. The first-order chi connectivity index (χ1) is 20.1. The third-order valence-corrected chi connectivity index (χ3v) is 7.96. The summed E-state index contributed by atoms with van der Waals surface area (Å²) in [7, 11) is 1.68. The Hall–Kier alpha value is -3.99. The number of ether oxygens (including phenoxy) is 2. The summed E-state index contributed by atoms with van der Waals surface area (Å²) in [5, 5.41) is 0.517. The SMILES string of the molecule is Cn1c(=O)n2c3c4c(c(-c5ccc(OCCCN6CCCCC6)nc5)c(F)cc4ncc31)N(C(=O)OC(C)(C)C)CC2. The zero-order valence-electron chi connectivity index (χ0n) is 24.7. The number of halogens is 1. The molecule has 4 aromatic rings. The Bertz CT molecular complexity index is 1700. The second-order valence-corrected chi connectivity index (χ2v) is 12.1. The Labute approximate surface area is 243 Å². The molecule has 1 amide bonds. The first kappa shape index (κ1) is 28.1. The van der Waals surface area contributed by atoms with Gasteiger partial charge in [0.1, 0.15) is 11.4 Å². The fraction of sp³-hybridized carbons (Fsp3) is 0.484. The minimum absolute atomic E-state index is 0.111. The molecule has 0 N–H and O–H groups in total. The zero-order valence-corrected chi connectivity index (χ0v) is 24.7. The van der Waals surface area contributed by atoms with E-state index in [9.17, 15) is 9.59 Å². The van der Waals surface area contributed by atoms with E-state index in [4.69, 9.17) is 9.47 Å². The van der Waals surface area contributed by atoms with Gasteiger partial charge in [-0.2, -0.15) is 0 Å². The molecular weight excluding hydrogens is 539 g/mol. The number of imidazole rings is 1. The normalized spacial score (nSPS) is 15.9. The third kappa shape index (κ3) is 5.21. The number of rotatable bonds is 6. The maximum atomic E-state index is 16.0. The summed E-state index contributed by atoms with van der Waals surface area (Å²) >= 11 is 0. The maximum absolute atomic E-state index is 16.0. The molecular formula is C31H37FN6O4. The van der Waals surface area contributed by atoms with E-state index in [0.29, 0.717) is 45.7 Å². The molecule has 10 nitrogen and oxygen atoms in total. The van der Waals surface area contributed by atoms with Gasteiger partial charge in [-0.05, 0) is 59.2 Å². The number of carbonyl (C=O) groups excluding carboxylic acids is 1. The highest BCUT2D eigenvalue weighted by molar-refractivity contribution is 6.17. The molecule has 0 spiro atoms. The van der Waals surface area contributed by atoms with Crippen LogP contribution in [0, 0.1) is 5.82 Å². The molecule has 5 heterocycles. The average molecular weight is 577 g/mol. The van der Waals surface area contributed by atoms with Crippen molar-refractivity contribution in [2.75, 3.05) is 37.7 Å². The highest BCUT2D eigenvalue weighted by atomic mass is 19.1. The number of likely N-dealkylation sites (tertiary alicyclic amines) is 1. The lowest BCUT2D eigenvalue weighted by molar-refractivity contribution is 0.0580. The smallest absolute Gasteiger partial charge is 0.414 e. The van der Waals surface area contributed by atoms with Crippen molar-refractivity contribution in [3.05, 3.63) is 46.9 Å². The van der Waals surface area contributed by atoms with E-state index >= 15 is 4.39 Å². The van der Waals surface area contributed by atoms with Gasteiger partial charge in [-0.1, -0.05) is 6.42 Å². The van der Waals surface area contributed by atoms with E-state index in [0.717, 1.165) is 26.1 Å². The van der Waals surface area contributed by atoms with Gasteiger partial charge in [-0.15, -0.1) is 0 Å². The summed E-state index contributed by atoms with van der Waals surface area (Å²) in [6.45, 7) is 9.50. The van der Waals surface area contributed by atoms with Gasteiger partial charge in [0.15, 0.2) is 0 Å². The van der Waals surface area contributed by atoms with Crippen molar-refractivity contribution < 1.29 is 18.7 Å². The fourth-order valence-electron chi connectivity index (χ4n) is 6.00. The molecule has 0 radical (unpaired) electrons. The number of piperidine rings is 1. The van der Waals surface area contributed by atoms with E-state index in [1.54, 1.807) is 56.9 Å². The molecule has 1 fully saturated rings. The van der Waals surface area contributed by atoms with Crippen molar-refractivity contribution >= 4 is 33.7 Å². The van der Waals surface area contributed by atoms with E-state index in [1.807, 2.05) is 0 Å². The monoisotopic (exact) mass is 576 g/mol. The van der Waals surface area contributed by atoms with Crippen LogP contribution in [0.1, 0.15) is 46.5 Å². The standard InChI is InChI=1S/C31H37FN6O4/c1-31(2,3)42-30(40)38-15-14-37-27-23(35(4)29(37)39)19-33-22-17-21(32)25(28(38)26(22)27)20-9-10-24(34-18-20)41-16-8-13-36-11-6-5-7-12-36/h9-10,17-19H,5-8,11-16H2,1-4H3. The summed E-state index contributed by atoms with van der Waals surface area (Å²) in [5.74, 6) is -0.101. The van der Waals surface area contributed by atoms with Gasteiger partial charge in [0.25, 0.3) is 0 Å². The van der Waals surface area contributed by atoms with Crippen LogP contribution in [0.5, 0.6) is 5.88 Å². The van der Waals surface area contributed by atoms with Gasteiger partial charge in [0.05, 0.1) is 40.4 Å². The number of nitrogens with zero attached hydrogens (tertiary/aromatic N) is 6. The molecule has 0 aliphatic carbocycles. The molecule has 1 saturated heterocycles. The number of aryl methyl sites for hydroxylation is 1. The lowest BCUT2D eigenvalue weighted by atomic mass is 9.99. The molecule has 6 rings (SSSR count). The van der Waals surface area contributed by atoms with Crippen molar-refractivity contribution in [2.45, 2.75) is 58.6 Å². The molecule has 42 heavy (non-hydrogen) atoms. The van der Waals surface area contributed by atoms with E-state index in [1.165, 1.54) is 34.8 Å². The third-order valence-electron chi connectivity index (χ3n) is 7.96. The molecule has 0 saturated carbocycles. The summed E-state index contributed by atoms with van der Waals surface area (Å²) in [5.41, 5.74) is 1.52. The Morgan fingerprint density at radius 2 is 1.83 bits per heavy atom. The lowest BCUT2D eigenvalue weighted by Gasteiger charge is -2.29. The predicted octanol–water partition coefficient (Wildman–Crippen LogP) is 5.10. The summed E-state index contributed by atoms with van der Waals surface area (Å²) in [4.78, 5) is 39.6. The van der Waals surface area contributed by atoms with Crippen molar-refractivity contribution in [3.63, 3.8) is 0 Å². The molecule has 222 valence electrons. The zero-order chi connectivity index (χ0) is 29.6. The number of aromatic nitrogens is 4. The van der Waals surface area contributed by atoms with Gasteiger partial charge in [0.2, 0.25) is 5.88 Å².